The molecule has 1 fully saturated rings. The molecule has 12 heavy (non-hydrogen) atoms. The summed E-state index contributed by atoms with van der Waals surface area (Å²) in [6.07, 6.45) is 5.77. The van der Waals surface area contributed by atoms with Crippen LogP contribution in [0.15, 0.2) is 36.9 Å². The number of rotatable bonds is 3. The van der Waals surface area contributed by atoms with Gasteiger partial charge in [0.25, 0.3) is 0 Å². The molecule has 0 radical (unpaired) electrons. The molecule has 0 aliphatic heterocycles. The Labute approximate surface area is 73.9 Å². The summed E-state index contributed by atoms with van der Waals surface area (Å²) in [4.78, 5) is 0. The number of hydrogen-bond acceptors (Lipinski definition) is 0. The zero-order valence-corrected chi connectivity index (χ0v) is 7.29. The summed E-state index contributed by atoms with van der Waals surface area (Å²) in [6.45, 7) is 3.78. The van der Waals surface area contributed by atoms with Crippen LogP contribution in [0.3, 0.4) is 0 Å². The Bertz CT molecular complexity index is 282. The smallest absolute Gasteiger partial charge is 0.00973 e. The molecular weight excluding hydrogens is 144 g/mol. The van der Waals surface area contributed by atoms with E-state index >= 15 is 0 Å². The maximum Gasteiger partial charge on any atom is -0.00973 e. The molecule has 1 aromatic rings. The molecule has 0 heteroatoms. The molecule has 1 aliphatic carbocycles. The maximum absolute atomic E-state index is 3.78. The van der Waals surface area contributed by atoms with E-state index < -0.39 is 0 Å². The fourth-order valence-corrected chi connectivity index (χ4v) is 1.67. The van der Waals surface area contributed by atoms with Gasteiger partial charge < -0.3 is 0 Å². The molecule has 0 N–H and O–H groups in total. The third-order valence-corrected chi connectivity index (χ3v) is 2.44. The molecule has 0 nitrogen and oxygen atoms in total. The van der Waals surface area contributed by atoms with E-state index in [2.05, 4.69) is 30.8 Å². The van der Waals surface area contributed by atoms with Gasteiger partial charge in [0.15, 0.2) is 0 Å². The zero-order valence-electron chi connectivity index (χ0n) is 7.29. The Hall–Kier alpha value is -1.04. The maximum atomic E-state index is 3.78. The standard InChI is InChI=1S/C12H14/c1-2-5-10-6-3-4-7-12(10)11-8-9-11/h2-4,6-7,11H,1,5,8-9H2. The van der Waals surface area contributed by atoms with Crippen LogP contribution < -0.4 is 0 Å². The molecule has 0 amide bonds. The Morgan fingerprint density at radius 3 is 2.75 bits per heavy atom. The quantitative estimate of drug-likeness (QED) is 0.592. The first-order chi connectivity index (χ1) is 5.92. The van der Waals surface area contributed by atoms with Crippen molar-refractivity contribution in [3.05, 3.63) is 48.0 Å². The number of benzene rings is 1. The van der Waals surface area contributed by atoms with Gasteiger partial charge in [0.2, 0.25) is 0 Å². The van der Waals surface area contributed by atoms with Gasteiger partial charge in [-0.15, -0.1) is 6.58 Å². The molecule has 1 saturated carbocycles. The predicted molar refractivity (Wildman–Crippen MR) is 52.3 cm³/mol. The normalized spacial score (nSPS) is 16.0. The average Bonchev–Trinajstić information content (AvgIpc) is 2.89. The van der Waals surface area contributed by atoms with Crippen molar-refractivity contribution in [2.45, 2.75) is 25.2 Å². The molecule has 0 unspecified atom stereocenters. The lowest BCUT2D eigenvalue weighted by Crippen LogP contribution is -1.89. The van der Waals surface area contributed by atoms with E-state index in [9.17, 15) is 0 Å². The minimum absolute atomic E-state index is 0.862. The summed E-state index contributed by atoms with van der Waals surface area (Å²) in [5.41, 5.74) is 3.02. The van der Waals surface area contributed by atoms with Crippen LogP contribution in [-0.4, -0.2) is 0 Å². The van der Waals surface area contributed by atoms with Crippen molar-refractivity contribution in [3.63, 3.8) is 0 Å². The zero-order chi connectivity index (χ0) is 8.39. The van der Waals surface area contributed by atoms with Crippen molar-refractivity contribution in [1.29, 1.82) is 0 Å². The van der Waals surface area contributed by atoms with Crippen LogP contribution in [0.2, 0.25) is 0 Å². The second-order valence-corrected chi connectivity index (χ2v) is 3.47. The summed E-state index contributed by atoms with van der Waals surface area (Å²) in [5.74, 6) is 0.862. The molecule has 0 spiro atoms. The van der Waals surface area contributed by atoms with Crippen molar-refractivity contribution in [3.8, 4) is 0 Å². The summed E-state index contributed by atoms with van der Waals surface area (Å²) in [7, 11) is 0. The molecule has 0 bridgehead atoms. The van der Waals surface area contributed by atoms with E-state index in [4.69, 9.17) is 0 Å². The van der Waals surface area contributed by atoms with E-state index in [1.165, 1.54) is 18.4 Å². The highest BCUT2D eigenvalue weighted by atomic mass is 14.3. The highest BCUT2D eigenvalue weighted by molar-refractivity contribution is 5.34. The topological polar surface area (TPSA) is 0 Å². The molecule has 1 aliphatic rings. The van der Waals surface area contributed by atoms with Crippen LogP contribution in [0.5, 0.6) is 0 Å². The third-order valence-electron chi connectivity index (χ3n) is 2.44. The Morgan fingerprint density at radius 2 is 2.08 bits per heavy atom. The molecule has 0 aromatic heterocycles. The van der Waals surface area contributed by atoms with Gasteiger partial charge in [0.05, 0.1) is 0 Å². The van der Waals surface area contributed by atoms with Crippen molar-refractivity contribution in [1.82, 2.24) is 0 Å². The number of hydrogen-bond donors (Lipinski definition) is 0. The van der Waals surface area contributed by atoms with Gasteiger partial charge in [-0.3, -0.25) is 0 Å². The van der Waals surface area contributed by atoms with Crippen molar-refractivity contribution in [2.24, 2.45) is 0 Å². The van der Waals surface area contributed by atoms with E-state index in [0.29, 0.717) is 0 Å². The lowest BCUT2D eigenvalue weighted by molar-refractivity contribution is 1.07. The van der Waals surface area contributed by atoms with E-state index in [1.807, 2.05) is 6.08 Å². The summed E-state index contributed by atoms with van der Waals surface area (Å²) >= 11 is 0. The Kier molecular flexibility index (Phi) is 1.99. The van der Waals surface area contributed by atoms with Gasteiger partial charge in [-0.05, 0) is 36.3 Å². The lowest BCUT2D eigenvalue weighted by atomic mass is 10.0. The summed E-state index contributed by atoms with van der Waals surface area (Å²) < 4.78 is 0. The van der Waals surface area contributed by atoms with E-state index in [1.54, 1.807) is 5.56 Å². The Morgan fingerprint density at radius 1 is 1.33 bits per heavy atom. The molecule has 0 heterocycles. The molecule has 2 rings (SSSR count). The molecule has 1 aromatic carbocycles. The van der Waals surface area contributed by atoms with Gasteiger partial charge >= 0.3 is 0 Å². The molecule has 0 saturated heterocycles. The molecule has 0 atom stereocenters. The second kappa shape index (κ2) is 3.14. The number of allylic oxidation sites excluding steroid dienone is 1. The van der Waals surface area contributed by atoms with Crippen LogP contribution in [-0.2, 0) is 6.42 Å². The SMILES string of the molecule is C=CCc1ccccc1C1CC1. The van der Waals surface area contributed by atoms with Gasteiger partial charge in [-0.1, -0.05) is 30.3 Å². The first kappa shape index (κ1) is 7.60. The monoisotopic (exact) mass is 158 g/mol. The van der Waals surface area contributed by atoms with Crippen molar-refractivity contribution >= 4 is 0 Å². The van der Waals surface area contributed by atoms with E-state index in [-0.39, 0.29) is 0 Å². The average molecular weight is 158 g/mol. The third kappa shape index (κ3) is 1.42. The Balaban J connectivity index is 2.29. The van der Waals surface area contributed by atoms with Crippen molar-refractivity contribution < 1.29 is 0 Å². The van der Waals surface area contributed by atoms with Gasteiger partial charge in [-0.2, -0.15) is 0 Å². The van der Waals surface area contributed by atoms with E-state index in [0.717, 1.165) is 12.3 Å². The van der Waals surface area contributed by atoms with Crippen LogP contribution in [0.1, 0.15) is 29.9 Å². The highest BCUT2D eigenvalue weighted by Crippen LogP contribution is 2.41. The fourth-order valence-electron chi connectivity index (χ4n) is 1.67. The minimum atomic E-state index is 0.862. The van der Waals surface area contributed by atoms with Crippen LogP contribution in [0.4, 0.5) is 0 Å². The minimum Gasteiger partial charge on any atom is -0.103 e. The largest absolute Gasteiger partial charge is 0.103 e. The predicted octanol–water partition coefficient (Wildman–Crippen LogP) is 3.29. The fraction of sp³-hybridized carbons (Fsp3) is 0.333. The molecular formula is C12H14. The van der Waals surface area contributed by atoms with Gasteiger partial charge in [-0.25, -0.2) is 0 Å². The highest BCUT2D eigenvalue weighted by Gasteiger charge is 2.24. The second-order valence-electron chi connectivity index (χ2n) is 3.47. The summed E-state index contributed by atoms with van der Waals surface area (Å²) in [5, 5.41) is 0. The first-order valence-corrected chi connectivity index (χ1v) is 4.60. The van der Waals surface area contributed by atoms with Crippen molar-refractivity contribution in [2.75, 3.05) is 0 Å². The first-order valence-electron chi connectivity index (χ1n) is 4.60. The van der Waals surface area contributed by atoms with Gasteiger partial charge in [0.1, 0.15) is 0 Å². The van der Waals surface area contributed by atoms with Crippen LogP contribution >= 0.6 is 0 Å². The van der Waals surface area contributed by atoms with Crippen LogP contribution in [0, 0.1) is 0 Å². The molecule has 62 valence electrons. The summed E-state index contributed by atoms with van der Waals surface area (Å²) in [6, 6.07) is 8.73. The van der Waals surface area contributed by atoms with Crippen LogP contribution in [0.25, 0.3) is 0 Å². The van der Waals surface area contributed by atoms with Gasteiger partial charge in [0, 0.05) is 0 Å². The lowest BCUT2D eigenvalue weighted by Gasteiger charge is -2.04.